The SMILES string of the molecule is N=C(C(=O)N[C@@H]1C(=O)N2C(C(=O)O)=C(Sc3nncs3)CC[C@H]12)c1nsc(N)n1.O. The fraction of sp³-hybridized carbons (Fsp3) is 0.286. The van der Waals surface area contributed by atoms with Gasteiger partial charge in [-0.1, -0.05) is 23.1 Å². The third kappa shape index (κ3) is 3.76. The van der Waals surface area contributed by atoms with Crippen molar-refractivity contribution < 1.29 is 25.0 Å². The Morgan fingerprint density at radius 2 is 2.20 bits per heavy atom. The first-order chi connectivity index (χ1) is 13.9. The molecule has 4 rings (SSSR count). The van der Waals surface area contributed by atoms with Gasteiger partial charge in [-0.15, -0.1) is 10.2 Å². The number of carboxylic acid groups (broad SMARTS) is 1. The van der Waals surface area contributed by atoms with Crippen LogP contribution in [0.3, 0.4) is 0 Å². The number of carbonyl (C=O) groups is 3. The minimum Gasteiger partial charge on any atom is -0.477 e. The first-order valence-electron chi connectivity index (χ1n) is 8.09. The molecule has 2 aromatic rings. The number of anilines is 1. The summed E-state index contributed by atoms with van der Waals surface area (Å²) in [4.78, 5) is 42.2. The van der Waals surface area contributed by atoms with Gasteiger partial charge in [0.2, 0.25) is 0 Å². The van der Waals surface area contributed by atoms with Crippen molar-refractivity contribution in [1.82, 2.24) is 29.8 Å². The molecular weight excluding hydrogens is 456 g/mol. The number of aliphatic carboxylic acids is 1. The maximum absolute atomic E-state index is 12.6. The number of nitrogens with one attached hydrogen (secondary N) is 2. The molecule has 158 valence electrons. The summed E-state index contributed by atoms with van der Waals surface area (Å²) in [5, 5.41) is 27.7. The van der Waals surface area contributed by atoms with Crippen LogP contribution in [0.2, 0.25) is 0 Å². The monoisotopic (exact) mass is 470 g/mol. The van der Waals surface area contributed by atoms with Crippen molar-refractivity contribution in [2.75, 3.05) is 5.73 Å². The van der Waals surface area contributed by atoms with E-state index < -0.39 is 35.6 Å². The zero-order valence-corrected chi connectivity index (χ0v) is 17.3. The van der Waals surface area contributed by atoms with Crippen LogP contribution in [0.4, 0.5) is 5.13 Å². The lowest BCUT2D eigenvalue weighted by molar-refractivity contribution is -0.155. The van der Waals surface area contributed by atoms with Crippen LogP contribution in [-0.2, 0) is 14.4 Å². The van der Waals surface area contributed by atoms with Crippen LogP contribution in [0, 0.1) is 5.41 Å². The molecular formula is C14H14N8O5S3. The van der Waals surface area contributed by atoms with Crippen LogP contribution < -0.4 is 11.1 Å². The molecule has 2 aliphatic rings. The second kappa shape index (κ2) is 8.42. The highest BCUT2D eigenvalue weighted by molar-refractivity contribution is 8.04. The predicted molar refractivity (Wildman–Crippen MR) is 107 cm³/mol. The summed E-state index contributed by atoms with van der Waals surface area (Å²) in [6.45, 7) is 0. The largest absolute Gasteiger partial charge is 0.477 e. The van der Waals surface area contributed by atoms with Gasteiger partial charge >= 0.3 is 5.97 Å². The first kappa shape index (κ1) is 21.8. The average molecular weight is 471 g/mol. The van der Waals surface area contributed by atoms with E-state index in [0.29, 0.717) is 22.1 Å². The van der Waals surface area contributed by atoms with Crippen molar-refractivity contribution in [3.63, 3.8) is 0 Å². The minimum atomic E-state index is -1.23. The Morgan fingerprint density at radius 3 is 2.80 bits per heavy atom. The van der Waals surface area contributed by atoms with E-state index in [-0.39, 0.29) is 22.1 Å². The van der Waals surface area contributed by atoms with Crippen LogP contribution in [0.25, 0.3) is 0 Å². The van der Waals surface area contributed by atoms with Crippen LogP contribution >= 0.6 is 34.6 Å². The van der Waals surface area contributed by atoms with Gasteiger partial charge in [0.05, 0.1) is 6.04 Å². The summed E-state index contributed by atoms with van der Waals surface area (Å²) in [5.74, 6) is -2.72. The molecule has 0 saturated carbocycles. The average Bonchev–Trinajstić information content (AvgIpc) is 3.36. The smallest absolute Gasteiger partial charge is 0.353 e. The molecule has 0 aliphatic carbocycles. The number of β-lactam (4-membered cyclic amide) rings is 1. The van der Waals surface area contributed by atoms with Crippen molar-refractivity contribution in [2.45, 2.75) is 29.3 Å². The fourth-order valence-corrected chi connectivity index (χ4v) is 5.23. The number of thioether (sulfide) groups is 1. The number of hydrogen-bond donors (Lipinski definition) is 4. The van der Waals surface area contributed by atoms with Crippen LogP contribution in [-0.4, -0.2) is 70.6 Å². The van der Waals surface area contributed by atoms with Gasteiger partial charge in [0, 0.05) is 16.4 Å². The second-order valence-electron chi connectivity index (χ2n) is 5.98. The summed E-state index contributed by atoms with van der Waals surface area (Å²) >= 11 is 3.29. The Bertz CT molecular complexity index is 1050. The molecule has 30 heavy (non-hydrogen) atoms. The van der Waals surface area contributed by atoms with Crippen LogP contribution in [0.15, 0.2) is 20.5 Å². The maximum Gasteiger partial charge on any atom is 0.353 e. The molecule has 2 amide bonds. The number of amides is 2. The fourth-order valence-electron chi connectivity index (χ4n) is 3.09. The number of aromatic nitrogens is 4. The standard InChI is InChI=1S/C14H12N8O4S3.H2O/c15-6(9-19-13(16)29-21-9)10(23)18-7-4-1-2-5(28-14-20-17-3-27-14)8(12(25)26)22(4)11(7)24;/h3-4,7,15H,1-2H2,(H,18,23)(H,25,26)(H2,16,19,21);1H2/t4-,7+;/m1./s1. The predicted octanol–water partition coefficient (Wildman–Crippen LogP) is -0.907. The molecule has 2 atom stereocenters. The summed E-state index contributed by atoms with van der Waals surface area (Å²) < 4.78 is 4.38. The number of rotatable bonds is 6. The van der Waals surface area contributed by atoms with E-state index in [2.05, 4.69) is 24.9 Å². The number of nitrogens with two attached hydrogens (primary N) is 1. The molecule has 7 N–H and O–H groups in total. The normalized spacial score (nSPS) is 20.1. The van der Waals surface area contributed by atoms with Gasteiger partial charge in [0.1, 0.15) is 17.2 Å². The molecule has 0 radical (unpaired) electrons. The number of hydrogen-bond acceptors (Lipinski definition) is 12. The molecule has 1 saturated heterocycles. The van der Waals surface area contributed by atoms with E-state index in [9.17, 15) is 19.5 Å². The molecule has 2 aliphatic heterocycles. The van der Waals surface area contributed by atoms with E-state index in [1.807, 2.05) is 0 Å². The third-order valence-electron chi connectivity index (χ3n) is 4.32. The van der Waals surface area contributed by atoms with Gasteiger partial charge in [0.15, 0.2) is 21.0 Å². The zero-order chi connectivity index (χ0) is 20.7. The van der Waals surface area contributed by atoms with Gasteiger partial charge in [-0.05, 0) is 12.8 Å². The van der Waals surface area contributed by atoms with Gasteiger partial charge in [-0.2, -0.15) is 9.36 Å². The highest BCUT2D eigenvalue weighted by atomic mass is 32.2. The highest BCUT2D eigenvalue weighted by Gasteiger charge is 2.53. The van der Waals surface area contributed by atoms with Crippen molar-refractivity contribution in [3.8, 4) is 0 Å². The van der Waals surface area contributed by atoms with Crippen molar-refractivity contribution >= 4 is 63.3 Å². The molecule has 0 bridgehead atoms. The Morgan fingerprint density at radius 1 is 1.43 bits per heavy atom. The molecule has 16 heteroatoms. The summed E-state index contributed by atoms with van der Waals surface area (Å²) in [6, 6.07) is -1.42. The number of nitrogens with zero attached hydrogens (tertiary/aromatic N) is 5. The second-order valence-corrected chi connectivity index (χ2v) is 8.94. The van der Waals surface area contributed by atoms with Crippen LogP contribution in [0.5, 0.6) is 0 Å². The summed E-state index contributed by atoms with van der Waals surface area (Å²) in [7, 11) is 0. The molecule has 0 aromatic carbocycles. The Hall–Kier alpha value is -2.95. The molecule has 4 heterocycles. The number of fused-ring (bicyclic) bond motifs is 1. The lowest BCUT2D eigenvalue weighted by Crippen LogP contribution is -2.72. The minimum absolute atomic E-state index is 0. The maximum atomic E-state index is 12.6. The lowest BCUT2D eigenvalue weighted by Gasteiger charge is -2.49. The number of nitrogen functional groups attached to an aromatic ring is 1. The van der Waals surface area contributed by atoms with Crippen molar-refractivity contribution in [1.29, 1.82) is 5.41 Å². The topological polar surface area (TPSA) is 220 Å². The van der Waals surface area contributed by atoms with E-state index in [1.165, 1.54) is 33.5 Å². The molecule has 1 fully saturated rings. The summed E-state index contributed by atoms with van der Waals surface area (Å²) in [5.41, 5.74) is 6.37. The van der Waals surface area contributed by atoms with Gasteiger partial charge in [-0.3, -0.25) is 19.9 Å². The van der Waals surface area contributed by atoms with Crippen molar-refractivity contribution in [2.24, 2.45) is 0 Å². The molecule has 2 aromatic heterocycles. The van der Waals surface area contributed by atoms with Crippen molar-refractivity contribution in [3.05, 3.63) is 21.9 Å². The van der Waals surface area contributed by atoms with Crippen LogP contribution in [0.1, 0.15) is 18.7 Å². The summed E-state index contributed by atoms with van der Waals surface area (Å²) in [6.07, 6.45) is 0.873. The number of carboxylic acids is 1. The molecule has 0 unspecified atom stereocenters. The highest BCUT2D eigenvalue weighted by Crippen LogP contribution is 2.43. The van der Waals surface area contributed by atoms with E-state index >= 15 is 0 Å². The Balaban J connectivity index is 0.00000256. The number of carbonyl (C=O) groups excluding carboxylic acids is 2. The Labute approximate surface area is 180 Å². The van der Waals surface area contributed by atoms with Gasteiger partial charge < -0.3 is 21.6 Å². The third-order valence-corrected chi connectivity index (χ3v) is 6.79. The van der Waals surface area contributed by atoms with E-state index in [4.69, 9.17) is 11.1 Å². The Kier molecular flexibility index (Phi) is 6.11. The first-order valence-corrected chi connectivity index (χ1v) is 10.6. The lowest BCUT2D eigenvalue weighted by atomic mass is 9.86. The van der Waals surface area contributed by atoms with E-state index in [0.717, 1.165) is 11.5 Å². The van der Waals surface area contributed by atoms with Gasteiger partial charge in [0.25, 0.3) is 11.8 Å². The molecule has 13 nitrogen and oxygen atoms in total. The molecule has 0 spiro atoms. The zero-order valence-electron chi connectivity index (χ0n) is 14.9. The van der Waals surface area contributed by atoms with E-state index in [1.54, 1.807) is 0 Å². The quantitative estimate of drug-likeness (QED) is 0.301. The number of allylic oxidation sites excluding steroid dienone is 1. The van der Waals surface area contributed by atoms with Gasteiger partial charge in [-0.25, -0.2) is 4.79 Å².